The molecule has 2 unspecified atom stereocenters. The second kappa shape index (κ2) is 7.89. The first-order valence-electron chi connectivity index (χ1n) is 6.54. The Bertz CT molecular complexity index is 338. The molecule has 18 heavy (non-hydrogen) atoms. The van der Waals surface area contributed by atoms with Crippen molar-refractivity contribution in [2.45, 2.75) is 39.8 Å². The minimum Gasteiger partial charge on any atom is -0.389 e. The summed E-state index contributed by atoms with van der Waals surface area (Å²) in [7, 11) is 0. The Balaban J connectivity index is 2.19. The average Bonchev–Trinajstić information content (AvgIpc) is 2.72. The zero-order valence-corrected chi connectivity index (χ0v) is 12.6. The van der Waals surface area contributed by atoms with E-state index in [2.05, 4.69) is 45.1 Å². The normalized spacial score (nSPS) is 15.0. The van der Waals surface area contributed by atoms with Crippen LogP contribution < -0.4 is 5.32 Å². The summed E-state index contributed by atoms with van der Waals surface area (Å²) in [6.07, 6.45) is -0.438. The van der Waals surface area contributed by atoms with Crippen LogP contribution >= 0.6 is 11.3 Å². The number of aliphatic hydroxyl groups is 1. The van der Waals surface area contributed by atoms with E-state index in [0.717, 1.165) is 0 Å². The molecule has 0 saturated carbocycles. The number of ether oxygens (including phenoxy) is 1. The van der Waals surface area contributed by atoms with Gasteiger partial charge in [0.25, 0.3) is 0 Å². The lowest BCUT2D eigenvalue weighted by Gasteiger charge is -2.17. The molecule has 1 aromatic rings. The van der Waals surface area contributed by atoms with E-state index in [0.29, 0.717) is 25.7 Å². The molecule has 0 aliphatic heterocycles. The molecule has 0 amide bonds. The van der Waals surface area contributed by atoms with Crippen molar-refractivity contribution >= 4 is 11.3 Å². The van der Waals surface area contributed by atoms with Gasteiger partial charge < -0.3 is 15.2 Å². The number of hydrogen-bond donors (Lipinski definition) is 2. The predicted octanol–water partition coefficient (Wildman–Crippen LogP) is 2.74. The fourth-order valence-corrected chi connectivity index (χ4v) is 2.50. The van der Waals surface area contributed by atoms with E-state index in [4.69, 9.17) is 4.74 Å². The van der Waals surface area contributed by atoms with E-state index < -0.39 is 6.10 Å². The van der Waals surface area contributed by atoms with Crippen molar-refractivity contribution in [2.75, 3.05) is 19.8 Å². The topological polar surface area (TPSA) is 41.5 Å². The Kier molecular flexibility index (Phi) is 6.86. The maximum atomic E-state index is 9.78. The highest BCUT2D eigenvalue weighted by Gasteiger charge is 2.10. The number of hydrogen-bond acceptors (Lipinski definition) is 4. The maximum absolute atomic E-state index is 9.78. The quantitative estimate of drug-likeness (QED) is 0.764. The third kappa shape index (κ3) is 5.96. The maximum Gasteiger partial charge on any atom is 0.0897 e. The lowest BCUT2D eigenvalue weighted by atomic mass is 10.2. The molecule has 0 saturated heterocycles. The average molecular weight is 271 g/mol. The molecule has 3 nitrogen and oxygen atoms in total. The third-order valence-electron chi connectivity index (χ3n) is 2.61. The summed E-state index contributed by atoms with van der Waals surface area (Å²) >= 11 is 1.79. The van der Waals surface area contributed by atoms with E-state index in [1.165, 1.54) is 9.75 Å². The van der Waals surface area contributed by atoms with Gasteiger partial charge in [0.1, 0.15) is 0 Å². The Morgan fingerprint density at radius 2 is 2.00 bits per heavy atom. The van der Waals surface area contributed by atoms with Crippen LogP contribution in [0.3, 0.4) is 0 Å². The van der Waals surface area contributed by atoms with Crippen LogP contribution in [0.15, 0.2) is 12.1 Å². The van der Waals surface area contributed by atoms with Crippen LogP contribution in [-0.2, 0) is 4.74 Å². The van der Waals surface area contributed by atoms with Crippen LogP contribution in [0.1, 0.15) is 36.6 Å². The van der Waals surface area contributed by atoms with Crippen LogP contribution in [0.4, 0.5) is 0 Å². The first-order chi connectivity index (χ1) is 8.49. The molecule has 1 rings (SSSR count). The molecule has 0 aliphatic carbocycles. The van der Waals surface area contributed by atoms with Gasteiger partial charge in [-0.3, -0.25) is 0 Å². The molecule has 0 aliphatic rings. The molecular formula is C14H25NO2S. The van der Waals surface area contributed by atoms with Gasteiger partial charge in [0.05, 0.1) is 12.7 Å². The lowest BCUT2D eigenvalue weighted by molar-refractivity contribution is 0.0252. The Morgan fingerprint density at radius 1 is 1.28 bits per heavy atom. The molecule has 4 heteroatoms. The highest BCUT2D eigenvalue weighted by atomic mass is 32.1. The van der Waals surface area contributed by atoms with Crippen molar-refractivity contribution in [2.24, 2.45) is 5.92 Å². The lowest BCUT2D eigenvalue weighted by Crippen LogP contribution is -2.32. The fraction of sp³-hybridized carbons (Fsp3) is 0.714. The van der Waals surface area contributed by atoms with E-state index in [-0.39, 0.29) is 6.04 Å². The van der Waals surface area contributed by atoms with Crippen molar-refractivity contribution < 1.29 is 9.84 Å². The van der Waals surface area contributed by atoms with Crippen molar-refractivity contribution in [1.29, 1.82) is 0 Å². The van der Waals surface area contributed by atoms with Gasteiger partial charge in [0, 0.05) is 28.9 Å². The number of nitrogens with one attached hydrogen (secondary N) is 1. The first kappa shape index (κ1) is 15.6. The standard InChI is InChI=1S/C14H25NO2S/c1-10(2)8-17-9-13(16)7-15-12(4)14-6-5-11(3)18-14/h5-6,10,12-13,15-16H,7-9H2,1-4H3. The Hall–Kier alpha value is -0.420. The monoisotopic (exact) mass is 271 g/mol. The van der Waals surface area contributed by atoms with Gasteiger partial charge in [-0.05, 0) is 31.9 Å². The van der Waals surface area contributed by atoms with Crippen LogP contribution in [0.2, 0.25) is 0 Å². The smallest absolute Gasteiger partial charge is 0.0897 e. The summed E-state index contributed by atoms with van der Waals surface area (Å²) in [6.45, 7) is 10.1. The third-order valence-corrected chi connectivity index (χ3v) is 3.79. The Labute approximate surface area is 114 Å². The van der Waals surface area contributed by atoms with Gasteiger partial charge in [0.2, 0.25) is 0 Å². The molecule has 104 valence electrons. The van der Waals surface area contributed by atoms with Crippen molar-refractivity contribution in [3.8, 4) is 0 Å². The van der Waals surface area contributed by atoms with Gasteiger partial charge >= 0.3 is 0 Å². The number of thiophene rings is 1. The molecule has 0 radical (unpaired) electrons. The van der Waals surface area contributed by atoms with Crippen LogP contribution in [-0.4, -0.2) is 31.0 Å². The molecule has 0 aromatic carbocycles. The molecule has 0 bridgehead atoms. The van der Waals surface area contributed by atoms with Crippen LogP contribution in [0, 0.1) is 12.8 Å². The van der Waals surface area contributed by atoms with Gasteiger partial charge in [-0.25, -0.2) is 0 Å². The predicted molar refractivity (Wildman–Crippen MR) is 77.1 cm³/mol. The van der Waals surface area contributed by atoms with E-state index >= 15 is 0 Å². The highest BCUT2D eigenvalue weighted by Crippen LogP contribution is 2.21. The minimum absolute atomic E-state index is 0.281. The Morgan fingerprint density at radius 3 is 2.56 bits per heavy atom. The molecule has 2 atom stereocenters. The summed E-state index contributed by atoms with van der Waals surface area (Å²) in [5.74, 6) is 0.512. The summed E-state index contributed by atoms with van der Waals surface area (Å²) in [4.78, 5) is 2.63. The van der Waals surface area contributed by atoms with Crippen molar-refractivity contribution in [3.05, 3.63) is 21.9 Å². The van der Waals surface area contributed by atoms with Crippen molar-refractivity contribution in [1.82, 2.24) is 5.32 Å². The van der Waals surface area contributed by atoms with Crippen molar-refractivity contribution in [3.63, 3.8) is 0 Å². The van der Waals surface area contributed by atoms with Gasteiger partial charge in [0.15, 0.2) is 0 Å². The second-order valence-corrected chi connectivity index (χ2v) is 6.48. The first-order valence-corrected chi connectivity index (χ1v) is 7.36. The largest absolute Gasteiger partial charge is 0.389 e. The summed E-state index contributed by atoms with van der Waals surface area (Å²) in [5, 5.41) is 13.1. The molecule has 1 heterocycles. The number of aryl methyl sites for hydroxylation is 1. The van der Waals surface area contributed by atoms with Crippen LogP contribution in [0.5, 0.6) is 0 Å². The van der Waals surface area contributed by atoms with E-state index in [1.54, 1.807) is 11.3 Å². The molecule has 0 fully saturated rings. The summed E-state index contributed by atoms with van der Waals surface area (Å²) in [6, 6.07) is 4.54. The zero-order valence-electron chi connectivity index (χ0n) is 11.8. The summed E-state index contributed by atoms with van der Waals surface area (Å²) in [5.41, 5.74) is 0. The number of rotatable bonds is 8. The SMILES string of the molecule is Cc1ccc(C(C)NCC(O)COCC(C)C)s1. The fourth-order valence-electron chi connectivity index (χ4n) is 1.60. The van der Waals surface area contributed by atoms with E-state index in [1.807, 2.05) is 0 Å². The zero-order chi connectivity index (χ0) is 13.5. The highest BCUT2D eigenvalue weighted by molar-refractivity contribution is 7.12. The number of aliphatic hydroxyl groups excluding tert-OH is 1. The second-order valence-electron chi connectivity index (χ2n) is 5.16. The minimum atomic E-state index is -0.438. The van der Waals surface area contributed by atoms with Gasteiger partial charge in [-0.15, -0.1) is 11.3 Å². The van der Waals surface area contributed by atoms with Gasteiger partial charge in [-0.1, -0.05) is 13.8 Å². The van der Waals surface area contributed by atoms with E-state index in [9.17, 15) is 5.11 Å². The van der Waals surface area contributed by atoms with Gasteiger partial charge in [-0.2, -0.15) is 0 Å². The molecule has 0 spiro atoms. The summed E-state index contributed by atoms with van der Waals surface area (Å²) < 4.78 is 5.41. The molecular weight excluding hydrogens is 246 g/mol. The van der Waals surface area contributed by atoms with Crippen LogP contribution in [0.25, 0.3) is 0 Å². The molecule has 1 aromatic heterocycles. The molecule has 2 N–H and O–H groups in total.